The van der Waals surface area contributed by atoms with Gasteiger partial charge >= 0.3 is 0 Å². The van der Waals surface area contributed by atoms with Crippen LogP contribution in [0.25, 0.3) is 33.6 Å². The van der Waals surface area contributed by atoms with Crippen LogP contribution in [0.5, 0.6) is 0 Å². The molecule has 3 nitrogen and oxygen atoms in total. The number of rotatable bonds is 3. The molecule has 0 aliphatic rings. The van der Waals surface area contributed by atoms with E-state index in [0.29, 0.717) is 17.7 Å². The predicted molar refractivity (Wildman–Crippen MR) is 96.0 cm³/mol. The fourth-order valence-electron chi connectivity index (χ4n) is 2.99. The molecule has 4 aromatic rings. The van der Waals surface area contributed by atoms with E-state index in [4.69, 9.17) is 0 Å². The third-order valence-electron chi connectivity index (χ3n) is 4.16. The molecule has 0 saturated carbocycles. The zero-order valence-electron chi connectivity index (χ0n) is 14.2. The molecule has 0 atom stereocenters. The minimum atomic E-state index is -1.16. The Morgan fingerprint density at radius 1 is 0.643 bits per heavy atom. The molecule has 7 heteroatoms. The summed E-state index contributed by atoms with van der Waals surface area (Å²) in [5, 5.41) is 7.15. The van der Waals surface area contributed by atoms with Gasteiger partial charge in [-0.05, 0) is 17.7 Å². The Balaban J connectivity index is 2.12. The van der Waals surface area contributed by atoms with Crippen LogP contribution in [-0.4, -0.2) is 15.2 Å². The lowest BCUT2D eigenvalue weighted by molar-refractivity contribution is 0.544. The van der Waals surface area contributed by atoms with Crippen LogP contribution in [0.1, 0.15) is 0 Å². The molecule has 0 saturated heterocycles. The van der Waals surface area contributed by atoms with Gasteiger partial charge in [-0.2, -0.15) is 4.39 Å². The molecule has 0 bridgehead atoms. The molecule has 0 aliphatic carbocycles. The number of nitrogens with zero attached hydrogens (tertiary/aromatic N) is 3. The van der Waals surface area contributed by atoms with Gasteiger partial charge in [0.2, 0.25) is 5.95 Å². The van der Waals surface area contributed by atoms with E-state index < -0.39 is 29.0 Å². The number of halogens is 4. The second-order valence-corrected chi connectivity index (χ2v) is 5.91. The average Bonchev–Trinajstić information content (AvgIpc) is 2.69. The van der Waals surface area contributed by atoms with Crippen molar-refractivity contribution in [1.29, 1.82) is 0 Å². The van der Waals surface area contributed by atoms with Crippen molar-refractivity contribution < 1.29 is 17.6 Å². The molecule has 0 aliphatic heterocycles. The normalized spacial score (nSPS) is 10.9. The van der Waals surface area contributed by atoms with Crippen molar-refractivity contribution in [2.75, 3.05) is 0 Å². The van der Waals surface area contributed by atoms with Crippen molar-refractivity contribution >= 4 is 0 Å². The van der Waals surface area contributed by atoms with E-state index in [1.807, 2.05) is 0 Å². The Hall–Kier alpha value is -3.61. The molecule has 0 amide bonds. The van der Waals surface area contributed by atoms with Gasteiger partial charge in [-0.15, -0.1) is 10.2 Å². The van der Waals surface area contributed by atoms with Crippen molar-refractivity contribution in [3.63, 3.8) is 0 Å². The molecule has 4 rings (SSSR count). The topological polar surface area (TPSA) is 38.7 Å². The Morgan fingerprint density at radius 3 is 1.96 bits per heavy atom. The zero-order chi connectivity index (χ0) is 19.7. The van der Waals surface area contributed by atoms with Gasteiger partial charge in [0.1, 0.15) is 23.1 Å². The summed E-state index contributed by atoms with van der Waals surface area (Å²) in [6.07, 6.45) is 1.46. The molecule has 0 radical (unpaired) electrons. The van der Waals surface area contributed by atoms with Crippen LogP contribution in [0.2, 0.25) is 0 Å². The molecule has 2 aromatic heterocycles. The Kier molecular flexibility index (Phi) is 4.57. The van der Waals surface area contributed by atoms with E-state index in [1.165, 1.54) is 6.20 Å². The summed E-state index contributed by atoms with van der Waals surface area (Å²) >= 11 is 0. The maximum absolute atomic E-state index is 14.7. The standard InChI is InChI=1S/C21H11F4N3/c22-13-10-14(23)18(15(24)11-13)20-17(12-6-2-1-3-7-12)19(21(25)28-27-20)16-8-4-5-9-26-16/h1-11H. The van der Waals surface area contributed by atoms with E-state index in [1.54, 1.807) is 48.5 Å². The van der Waals surface area contributed by atoms with Gasteiger partial charge in [0, 0.05) is 23.9 Å². The number of benzene rings is 2. The van der Waals surface area contributed by atoms with Gasteiger partial charge < -0.3 is 0 Å². The van der Waals surface area contributed by atoms with Gasteiger partial charge in [0.25, 0.3) is 0 Å². The SMILES string of the molecule is Fc1cc(F)c(-c2nnc(F)c(-c3ccccn3)c2-c2ccccc2)c(F)c1. The third-order valence-corrected chi connectivity index (χ3v) is 4.16. The Labute approximate surface area is 157 Å². The van der Waals surface area contributed by atoms with Crippen LogP contribution in [0.3, 0.4) is 0 Å². The minimum absolute atomic E-state index is 0.0556. The van der Waals surface area contributed by atoms with Crippen LogP contribution in [0.15, 0.2) is 66.9 Å². The smallest absolute Gasteiger partial charge is 0.243 e. The van der Waals surface area contributed by atoms with Gasteiger partial charge in [-0.1, -0.05) is 36.4 Å². The molecule has 0 fully saturated rings. The van der Waals surface area contributed by atoms with Crippen molar-refractivity contribution in [3.05, 3.63) is 90.3 Å². The van der Waals surface area contributed by atoms with Crippen LogP contribution in [-0.2, 0) is 0 Å². The molecule has 28 heavy (non-hydrogen) atoms. The van der Waals surface area contributed by atoms with E-state index in [-0.39, 0.29) is 22.5 Å². The fourth-order valence-corrected chi connectivity index (χ4v) is 2.99. The maximum Gasteiger partial charge on any atom is 0.243 e. The number of pyridine rings is 1. The highest BCUT2D eigenvalue weighted by atomic mass is 19.1. The lowest BCUT2D eigenvalue weighted by atomic mass is 9.93. The van der Waals surface area contributed by atoms with Gasteiger partial charge in [0.05, 0.1) is 16.8 Å². The molecule has 2 heterocycles. The van der Waals surface area contributed by atoms with Crippen molar-refractivity contribution in [2.45, 2.75) is 0 Å². The summed E-state index contributed by atoms with van der Waals surface area (Å²) in [5.74, 6) is -4.34. The highest BCUT2D eigenvalue weighted by Gasteiger charge is 2.25. The first-order valence-corrected chi connectivity index (χ1v) is 8.24. The number of hydrogen-bond acceptors (Lipinski definition) is 3. The van der Waals surface area contributed by atoms with Crippen molar-refractivity contribution in [1.82, 2.24) is 15.2 Å². The molecule has 0 spiro atoms. The summed E-state index contributed by atoms with van der Waals surface area (Å²) < 4.78 is 57.0. The van der Waals surface area contributed by atoms with Crippen LogP contribution < -0.4 is 0 Å². The predicted octanol–water partition coefficient (Wildman–Crippen LogP) is 5.43. The summed E-state index contributed by atoms with van der Waals surface area (Å²) in [6.45, 7) is 0. The average molecular weight is 381 g/mol. The van der Waals surface area contributed by atoms with Gasteiger partial charge in [0.15, 0.2) is 0 Å². The Bertz CT molecular complexity index is 1130. The van der Waals surface area contributed by atoms with Crippen molar-refractivity contribution in [2.24, 2.45) is 0 Å². The van der Waals surface area contributed by atoms with E-state index >= 15 is 0 Å². The first kappa shape index (κ1) is 17.8. The van der Waals surface area contributed by atoms with E-state index in [0.717, 1.165) is 0 Å². The van der Waals surface area contributed by atoms with Gasteiger partial charge in [-0.3, -0.25) is 4.98 Å². The molecular weight excluding hydrogens is 370 g/mol. The first-order valence-electron chi connectivity index (χ1n) is 8.24. The summed E-state index contributed by atoms with van der Waals surface area (Å²) in [5.41, 5.74) is -0.114. The molecule has 0 unspecified atom stereocenters. The van der Waals surface area contributed by atoms with Crippen molar-refractivity contribution in [3.8, 4) is 33.6 Å². The molecule has 2 aromatic carbocycles. The highest BCUT2D eigenvalue weighted by Crippen LogP contribution is 2.40. The van der Waals surface area contributed by atoms with E-state index in [2.05, 4.69) is 15.2 Å². The quantitative estimate of drug-likeness (QED) is 0.444. The second-order valence-electron chi connectivity index (χ2n) is 5.91. The summed E-state index contributed by atoms with van der Waals surface area (Å²) in [6, 6.07) is 14.3. The number of hydrogen-bond donors (Lipinski definition) is 0. The minimum Gasteiger partial charge on any atom is -0.256 e. The lowest BCUT2D eigenvalue weighted by Gasteiger charge is -2.15. The second kappa shape index (κ2) is 7.19. The summed E-state index contributed by atoms with van der Waals surface area (Å²) in [7, 11) is 0. The van der Waals surface area contributed by atoms with Crippen LogP contribution in [0.4, 0.5) is 17.6 Å². The largest absolute Gasteiger partial charge is 0.256 e. The molecule has 0 N–H and O–H groups in total. The lowest BCUT2D eigenvalue weighted by Crippen LogP contribution is -2.04. The van der Waals surface area contributed by atoms with Crippen LogP contribution in [0, 0.1) is 23.4 Å². The molecular formula is C21H11F4N3. The zero-order valence-corrected chi connectivity index (χ0v) is 14.2. The van der Waals surface area contributed by atoms with Crippen LogP contribution >= 0.6 is 0 Å². The first-order chi connectivity index (χ1) is 13.6. The molecule has 138 valence electrons. The summed E-state index contributed by atoms with van der Waals surface area (Å²) in [4.78, 5) is 4.13. The maximum atomic E-state index is 14.7. The number of aromatic nitrogens is 3. The highest BCUT2D eigenvalue weighted by molar-refractivity contribution is 5.91. The van der Waals surface area contributed by atoms with Gasteiger partial charge in [-0.25, -0.2) is 13.2 Å². The fraction of sp³-hybridized carbons (Fsp3) is 0. The Morgan fingerprint density at radius 2 is 1.32 bits per heavy atom. The third kappa shape index (κ3) is 3.11. The van der Waals surface area contributed by atoms with E-state index in [9.17, 15) is 17.6 Å². The monoisotopic (exact) mass is 381 g/mol.